The van der Waals surface area contributed by atoms with Crippen LogP contribution in [0, 0.1) is 0 Å². The molecular formula is C17H16ClN5O. The molecule has 0 unspecified atom stereocenters. The number of halogens is 1. The Morgan fingerprint density at radius 2 is 2.08 bits per heavy atom. The summed E-state index contributed by atoms with van der Waals surface area (Å²) in [4.78, 5) is 19.8. The van der Waals surface area contributed by atoms with E-state index in [1.54, 1.807) is 17.1 Å². The Kier molecular flexibility index (Phi) is 2.83. The number of aromatic nitrogens is 4. The van der Waals surface area contributed by atoms with Gasteiger partial charge in [-0.15, -0.1) is 0 Å². The molecule has 1 fully saturated rings. The summed E-state index contributed by atoms with van der Waals surface area (Å²) < 4.78 is 3.80. The van der Waals surface area contributed by atoms with Crippen molar-refractivity contribution < 1.29 is 4.79 Å². The molecule has 24 heavy (non-hydrogen) atoms. The van der Waals surface area contributed by atoms with Gasteiger partial charge in [0.05, 0.1) is 33.5 Å². The van der Waals surface area contributed by atoms with E-state index in [-0.39, 0.29) is 5.91 Å². The van der Waals surface area contributed by atoms with Gasteiger partial charge in [0.15, 0.2) is 0 Å². The number of carbonyl (C=O) groups excluding carboxylic acids is 1. The van der Waals surface area contributed by atoms with Crippen molar-refractivity contribution in [1.29, 1.82) is 0 Å². The maximum absolute atomic E-state index is 13.2. The summed E-state index contributed by atoms with van der Waals surface area (Å²) in [5.41, 5.74) is 4.02. The van der Waals surface area contributed by atoms with Gasteiger partial charge in [0.1, 0.15) is 5.69 Å². The van der Waals surface area contributed by atoms with E-state index in [0.717, 1.165) is 48.2 Å². The smallest absolute Gasteiger partial charge is 0.271 e. The van der Waals surface area contributed by atoms with E-state index in [4.69, 9.17) is 11.6 Å². The number of amides is 1. The van der Waals surface area contributed by atoms with Crippen molar-refractivity contribution in [2.24, 2.45) is 7.05 Å². The number of fused-ring (bicyclic) bond motifs is 3. The number of nitrogens with zero attached hydrogens (tertiary/aromatic N) is 5. The van der Waals surface area contributed by atoms with Crippen LogP contribution in [-0.4, -0.2) is 42.7 Å². The van der Waals surface area contributed by atoms with E-state index in [0.29, 0.717) is 16.8 Å². The Hall–Kier alpha value is -2.34. The molecule has 1 amide bonds. The van der Waals surface area contributed by atoms with Crippen LogP contribution in [0.2, 0.25) is 5.02 Å². The molecule has 7 heteroatoms. The van der Waals surface area contributed by atoms with Gasteiger partial charge in [0, 0.05) is 32.4 Å². The number of rotatable bonds is 2. The highest BCUT2D eigenvalue weighted by molar-refractivity contribution is 6.33. The van der Waals surface area contributed by atoms with Gasteiger partial charge in [-0.2, -0.15) is 5.10 Å². The second-order valence-electron chi connectivity index (χ2n) is 6.44. The minimum Gasteiger partial charge on any atom is -0.333 e. The number of hydrogen-bond acceptors (Lipinski definition) is 3. The van der Waals surface area contributed by atoms with E-state index in [1.165, 1.54) is 0 Å². The first-order valence-electron chi connectivity index (χ1n) is 8.13. The summed E-state index contributed by atoms with van der Waals surface area (Å²) in [6.45, 7) is 1.54. The van der Waals surface area contributed by atoms with Crippen LogP contribution in [-0.2, 0) is 13.6 Å². The fraction of sp³-hybridized carbons (Fsp3) is 0.353. The van der Waals surface area contributed by atoms with Crippen LogP contribution in [0.5, 0.6) is 0 Å². The summed E-state index contributed by atoms with van der Waals surface area (Å²) in [6, 6.07) is 4.31. The molecule has 2 aliphatic rings. The average Bonchev–Trinajstić information content (AvgIpc) is 3.30. The first kappa shape index (κ1) is 14.0. The first-order chi connectivity index (χ1) is 11.7. The van der Waals surface area contributed by atoms with Crippen molar-refractivity contribution in [3.63, 3.8) is 0 Å². The third-order valence-electron chi connectivity index (χ3n) is 4.97. The molecule has 3 aromatic rings. The zero-order chi connectivity index (χ0) is 16.4. The number of carbonyl (C=O) groups is 1. The second-order valence-corrected chi connectivity index (χ2v) is 6.85. The summed E-state index contributed by atoms with van der Waals surface area (Å²) >= 11 is 6.39. The molecule has 1 saturated carbocycles. The predicted octanol–water partition coefficient (Wildman–Crippen LogP) is 2.71. The highest BCUT2D eigenvalue weighted by Gasteiger charge is 2.39. The second kappa shape index (κ2) is 4.83. The van der Waals surface area contributed by atoms with E-state index < -0.39 is 0 Å². The normalized spacial score (nSPS) is 17.6. The molecule has 6 nitrogen and oxygen atoms in total. The molecule has 0 atom stereocenters. The van der Waals surface area contributed by atoms with E-state index >= 15 is 0 Å². The lowest BCUT2D eigenvalue weighted by molar-refractivity contribution is 0.0694. The Morgan fingerprint density at radius 3 is 2.79 bits per heavy atom. The SMILES string of the molecule is Cn1ncc(Cl)c1-c1c2n(c3cccnc13)CCN(C1CC1)C2=O. The Bertz CT molecular complexity index is 965. The van der Waals surface area contributed by atoms with Crippen LogP contribution in [0.4, 0.5) is 0 Å². The lowest BCUT2D eigenvalue weighted by Gasteiger charge is -2.29. The molecule has 0 aromatic carbocycles. The topological polar surface area (TPSA) is 56.0 Å². The van der Waals surface area contributed by atoms with E-state index in [2.05, 4.69) is 14.6 Å². The largest absolute Gasteiger partial charge is 0.333 e. The van der Waals surface area contributed by atoms with Gasteiger partial charge in [-0.3, -0.25) is 14.5 Å². The van der Waals surface area contributed by atoms with Crippen LogP contribution in [0.15, 0.2) is 24.5 Å². The fourth-order valence-corrected chi connectivity index (χ4v) is 3.99. The molecule has 4 heterocycles. The third-order valence-corrected chi connectivity index (χ3v) is 5.24. The summed E-state index contributed by atoms with van der Waals surface area (Å²) in [5, 5.41) is 4.78. The minimum atomic E-state index is 0.0778. The molecule has 5 rings (SSSR count). The van der Waals surface area contributed by atoms with Crippen molar-refractivity contribution in [2.45, 2.75) is 25.4 Å². The van der Waals surface area contributed by atoms with Crippen LogP contribution in [0.1, 0.15) is 23.3 Å². The molecule has 3 aromatic heterocycles. The van der Waals surface area contributed by atoms with Crippen molar-refractivity contribution in [1.82, 2.24) is 24.2 Å². The molecule has 0 saturated heterocycles. The van der Waals surface area contributed by atoms with Gasteiger partial charge in [-0.1, -0.05) is 11.6 Å². The summed E-state index contributed by atoms with van der Waals surface area (Å²) in [6.07, 6.45) is 5.57. The van der Waals surface area contributed by atoms with Crippen LogP contribution < -0.4 is 0 Å². The van der Waals surface area contributed by atoms with Gasteiger partial charge in [-0.25, -0.2) is 0 Å². The van der Waals surface area contributed by atoms with Crippen LogP contribution in [0.3, 0.4) is 0 Å². The molecule has 0 spiro atoms. The van der Waals surface area contributed by atoms with Crippen molar-refractivity contribution in [2.75, 3.05) is 6.54 Å². The van der Waals surface area contributed by atoms with E-state index in [1.807, 2.05) is 24.1 Å². The molecule has 1 aliphatic carbocycles. The average molecular weight is 342 g/mol. The van der Waals surface area contributed by atoms with Crippen LogP contribution in [0.25, 0.3) is 22.3 Å². The van der Waals surface area contributed by atoms with Gasteiger partial charge < -0.3 is 9.47 Å². The molecule has 0 N–H and O–H groups in total. The summed E-state index contributed by atoms with van der Waals surface area (Å²) in [5.74, 6) is 0.0778. The Labute approximate surface area is 143 Å². The van der Waals surface area contributed by atoms with Crippen molar-refractivity contribution in [3.8, 4) is 11.3 Å². The Balaban J connectivity index is 1.85. The molecule has 0 radical (unpaired) electrons. The van der Waals surface area contributed by atoms with E-state index in [9.17, 15) is 4.79 Å². The Morgan fingerprint density at radius 1 is 1.25 bits per heavy atom. The number of pyridine rings is 1. The number of hydrogen-bond donors (Lipinski definition) is 0. The standard InChI is InChI=1S/C17H16ClN5O/c1-21-15(11(18)9-20-21)13-14-12(3-2-6-19-14)23-8-7-22(10-4-5-10)17(24)16(13)23/h2-3,6,9-10H,4-5,7-8H2,1H3. The number of aryl methyl sites for hydroxylation is 1. The lowest BCUT2D eigenvalue weighted by atomic mass is 10.1. The minimum absolute atomic E-state index is 0.0778. The third kappa shape index (κ3) is 1.80. The van der Waals surface area contributed by atoms with Crippen molar-refractivity contribution >= 4 is 28.5 Å². The quantitative estimate of drug-likeness (QED) is 0.720. The first-order valence-corrected chi connectivity index (χ1v) is 8.50. The zero-order valence-electron chi connectivity index (χ0n) is 13.2. The molecule has 0 bridgehead atoms. The highest BCUT2D eigenvalue weighted by Crippen LogP contribution is 2.40. The van der Waals surface area contributed by atoms with Crippen LogP contribution >= 0.6 is 11.6 Å². The maximum Gasteiger partial charge on any atom is 0.271 e. The van der Waals surface area contributed by atoms with Gasteiger partial charge in [-0.05, 0) is 25.0 Å². The molecule has 1 aliphatic heterocycles. The monoisotopic (exact) mass is 341 g/mol. The fourth-order valence-electron chi connectivity index (χ4n) is 3.73. The summed E-state index contributed by atoms with van der Waals surface area (Å²) in [7, 11) is 1.84. The lowest BCUT2D eigenvalue weighted by Crippen LogP contribution is -2.41. The maximum atomic E-state index is 13.2. The zero-order valence-corrected chi connectivity index (χ0v) is 14.0. The van der Waals surface area contributed by atoms with Crippen molar-refractivity contribution in [3.05, 3.63) is 35.2 Å². The highest BCUT2D eigenvalue weighted by atomic mass is 35.5. The van der Waals surface area contributed by atoms with Gasteiger partial charge >= 0.3 is 0 Å². The molecule has 122 valence electrons. The predicted molar refractivity (Wildman–Crippen MR) is 91.0 cm³/mol. The molecular weight excluding hydrogens is 326 g/mol. The van der Waals surface area contributed by atoms with Gasteiger partial charge in [0.25, 0.3) is 5.91 Å². The van der Waals surface area contributed by atoms with Gasteiger partial charge in [0.2, 0.25) is 0 Å².